The van der Waals surface area contributed by atoms with Crippen LogP contribution in [0.3, 0.4) is 0 Å². The third kappa shape index (κ3) is 3.76. The second kappa shape index (κ2) is 5.35. The lowest BCUT2D eigenvalue weighted by Crippen LogP contribution is -2.15. The van der Waals surface area contributed by atoms with Crippen LogP contribution >= 0.6 is 0 Å². The number of amides is 1. The van der Waals surface area contributed by atoms with Gasteiger partial charge in [-0.3, -0.25) is 4.79 Å². The Morgan fingerprint density at radius 1 is 1.67 bits per heavy atom. The summed E-state index contributed by atoms with van der Waals surface area (Å²) >= 11 is 0. The summed E-state index contributed by atoms with van der Waals surface area (Å²) in [6.07, 6.45) is 4.49. The molecule has 0 spiro atoms. The summed E-state index contributed by atoms with van der Waals surface area (Å²) in [6.45, 7) is 6.36. The number of carbonyl (C=O) groups excluding carboxylic acids is 1. The van der Waals surface area contributed by atoms with Crippen molar-refractivity contribution in [2.75, 3.05) is 6.54 Å². The van der Waals surface area contributed by atoms with Crippen LogP contribution in [0, 0.1) is 0 Å². The van der Waals surface area contributed by atoms with Crippen molar-refractivity contribution in [2.45, 2.75) is 19.8 Å². The van der Waals surface area contributed by atoms with Crippen LogP contribution in [0.2, 0.25) is 0 Å². The van der Waals surface area contributed by atoms with Crippen molar-refractivity contribution in [1.29, 1.82) is 0 Å². The Balaban J connectivity index is 3.30. The van der Waals surface area contributed by atoms with Crippen LogP contribution < -0.4 is 0 Å². The van der Waals surface area contributed by atoms with Gasteiger partial charge in [0.2, 0.25) is 6.41 Å². The van der Waals surface area contributed by atoms with Gasteiger partial charge in [0.1, 0.15) is 0 Å². The number of carbonyl (C=O) groups is 1. The summed E-state index contributed by atoms with van der Waals surface area (Å²) in [5, 5.41) is 0. The molecule has 0 atom stereocenters. The van der Waals surface area contributed by atoms with Gasteiger partial charge in [-0.05, 0) is 12.6 Å². The van der Waals surface area contributed by atoms with Gasteiger partial charge in [0.05, 0.1) is 0 Å². The lowest BCUT2D eigenvalue weighted by atomic mass is 10.3. The average Bonchev–Trinajstić information content (AvgIpc) is 1.91. The molecule has 0 aliphatic heterocycles. The van der Waals surface area contributed by atoms with Crippen LogP contribution in [0.1, 0.15) is 19.8 Å². The van der Waals surface area contributed by atoms with Crippen molar-refractivity contribution in [3.8, 4) is 0 Å². The minimum absolute atomic E-state index is 0.794. The molecule has 0 unspecified atom stereocenters. The van der Waals surface area contributed by atoms with Gasteiger partial charge in [-0.25, -0.2) is 0 Å². The topological polar surface area (TPSA) is 20.3 Å². The van der Waals surface area contributed by atoms with Crippen molar-refractivity contribution in [3.05, 3.63) is 12.8 Å². The molecule has 0 rings (SSSR count). The van der Waals surface area contributed by atoms with E-state index in [9.17, 15) is 4.79 Å². The van der Waals surface area contributed by atoms with Crippen molar-refractivity contribution >= 4 is 6.41 Å². The zero-order chi connectivity index (χ0) is 7.11. The summed E-state index contributed by atoms with van der Waals surface area (Å²) < 4.78 is 0. The van der Waals surface area contributed by atoms with Crippen LogP contribution in [-0.4, -0.2) is 17.9 Å². The number of unbranched alkanes of at least 4 members (excludes halogenated alkanes) is 1. The van der Waals surface area contributed by atoms with E-state index in [2.05, 4.69) is 13.5 Å². The van der Waals surface area contributed by atoms with Gasteiger partial charge >= 0.3 is 0 Å². The molecule has 0 aliphatic carbocycles. The van der Waals surface area contributed by atoms with Gasteiger partial charge < -0.3 is 4.90 Å². The molecule has 0 aromatic rings. The van der Waals surface area contributed by atoms with Gasteiger partial charge in [-0.2, -0.15) is 0 Å². The zero-order valence-corrected chi connectivity index (χ0v) is 5.84. The number of rotatable bonds is 5. The van der Waals surface area contributed by atoms with Crippen LogP contribution in [0.15, 0.2) is 12.8 Å². The lowest BCUT2D eigenvalue weighted by Gasteiger charge is -2.08. The van der Waals surface area contributed by atoms with E-state index in [0.29, 0.717) is 0 Å². The predicted octanol–water partition coefficient (Wildman–Crippen LogP) is 1.39. The summed E-state index contributed by atoms with van der Waals surface area (Å²) in [5.41, 5.74) is 0. The van der Waals surface area contributed by atoms with Crippen LogP contribution in [0.5, 0.6) is 0 Å². The Labute approximate surface area is 56.2 Å². The third-order valence-electron chi connectivity index (χ3n) is 1.14. The molecule has 2 heteroatoms. The Morgan fingerprint density at radius 2 is 2.33 bits per heavy atom. The molecule has 0 bridgehead atoms. The molecule has 0 saturated heterocycles. The molecule has 0 N–H and O–H groups in total. The fraction of sp³-hybridized carbons (Fsp3) is 0.571. The van der Waals surface area contributed by atoms with Crippen molar-refractivity contribution in [2.24, 2.45) is 0 Å². The lowest BCUT2D eigenvalue weighted by molar-refractivity contribution is -0.115. The molecule has 2 nitrogen and oxygen atoms in total. The van der Waals surface area contributed by atoms with Crippen LogP contribution in [-0.2, 0) is 4.79 Å². The number of nitrogens with zero attached hydrogens (tertiary/aromatic N) is 1. The standard InChI is InChI=1S/C7H13NO/c1-3-5-6-8(4-2)7-9/h4,7H,2-3,5-6H2,1H3. The smallest absolute Gasteiger partial charge is 0.213 e. The van der Waals surface area contributed by atoms with Gasteiger partial charge in [-0.1, -0.05) is 19.9 Å². The normalized spacial score (nSPS) is 8.56. The van der Waals surface area contributed by atoms with E-state index in [1.165, 1.54) is 0 Å². The predicted molar refractivity (Wildman–Crippen MR) is 37.9 cm³/mol. The molecule has 52 valence electrons. The van der Waals surface area contributed by atoms with Crippen molar-refractivity contribution in [3.63, 3.8) is 0 Å². The minimum Gasteiger partial charge on any atom is -0.322 e. The van der Waals surface area contributed by atoms with Crippen LogP contribution in [0.25, 0.3) is 0 Å². The zero-order valence-electron chi connectivity index (χ0n) is 5.84. The van der Waals surface area contributed by atoms with Crippen LogP contribution in [0.4, 0.5) is 0 Å². The van der Waals surface area contributed by atoms with E-state index in [4.69, 9.17) is 0 Å². The first-order valence-electron chi connectivity index (χ1n) is 3.18. The first-order chi connectivity index (χ1) is 4.35. The summed E-state index contributed by atoms with van der Waals surface area (Å²) in [6, 6.07) is 0. The molecule has 0 aromatic heterocycles. The fourth-order valence-electron chi connectivity index (χ4n) is 0.528. The van der Waals surface area contributed by atoms with E-state index in [-0.39, 0.29) is 0 Å². The molecule has 0 saturated carbocycles. The summed E-state index contributed by atoms with van der Waals surface area (Å²) in [4.78, 5) is 11.6. The molecular weight excluding hydrogens is 114 g/mol. The summed E-state index contributed by atoms with van der Waals surface area (Å²) in [7, 11) is 0. The molecule has 1 amide bonds. The number of hydrogen-bond acceptors (Lipinski definition) is 1. The minimum atomic E-state index is 0.794. The van der Waals surface area contributed by atoms with Crippen molar-refractivity contribution < 1.29 is 4.79 Å². The van der Waals surface area contributed by atoms with Crippen molar-refractivity contribution in [1.82, 2.24) is 4.90 Å². The quantitative estimate of drug-likeness (QED) is 0.511. The second-order valence-electron chi connectivity index (χ2n) is 1.88. The highest BCUT2D eigenvalue weighted by molar-refractivity contribution is 5.48. The van der Waals surface area contributed by atoms with Gasteiger partial charge in [0.25, 0.3) is 0 Å². The largest absolute Gasteiger partial charge is 0.322 e. The molecule has 0 radical (unpaired) electrons. The maximum atomic E-state index is 10.1. The Bertz CT molecular complexity index is 82.9. The third-order valence-corrected chi connectivity index (χ3v) is 1.14. The molecule has 0 aliphatic rings. The van der Waals surface area contributed by atoms with E-state index < -0.39 is 0 Å². The summed E-state index contributed by atoms with van der Waals surface area (Å²) in [5.74, 6) is 0. The Hall–Kier alpha value is -0.790. The Morgan fingerprint density at radius 3 is 2.67 bits per heavy atom. The van der Waals surface area contributed by atoms with Gasteiger partial charge in [0.15, 0.2) is 0 Å². The average molecular weight is 127 g/mol. The molecular formula is C7H13NO. The van der Waals surface area contributed by atoms with E-state index in [1.54, 1.807) is 11.1 Å². The highest BCUT2D eigenvalue weighted by Gasteiger charge is 1.91. The maximum Gasteiger partial charge on any atom is 0.213 e. The SMILES string of the molecule is C=CN(C=O)CCCC. The molecule has 0 heterocycles. The number of hydrogen-bond donors (Lipinski definition) is 0. The molecule has 0 aromatic carbocycles. The molecule has 0 fully saturated rings. The molecule has 9 heavy (non-hydrogen) atoms. The van der Waals surface area contributed by atoms with Gasteiger partial charge in [0, 0.05) is 6.54 Å². The highest BCUT2D eigenvalue weighted by atomic mass is 16.1. The monoisotopic (exact) mass is 127 g/mol. The highest BCUT2D eigenvalue weighted by Crippen LogP contribution is 1.90. The van der Waals surface area contributed by atoms with E-state index >= 15 is 0 Å². The fourth-order valence-corrected chi connectivity index (χ4v) is 0.528. The van der Waals surface area contributed by atoms with E-state index in [1.807, 2.05) is 0 Å². The first-order valence-corrected chi connectivity index (χ1v) is 3.18. The Kier molecular flexibility index (Phi) is 4.88. The second-order valence-corrected chi connectivity index (χ2v) is 1.88. The van der Waals surface area contributed by atoms with Gasteiger partial charge in [-0.15, -0.1) is 0 Å². The first kappa shape index (κ1) is 8.21. The maximum absolute atomic E-state index is 10.1. The van der Waals surface area contributed by atoms with E-state index in [0.717, 1.165) is 25.8 Å².